The number of carbonyl (C=O) groups is 3. The molecule has 0 atom stereocenters. The average Bonchev–Trinajstić information content (AvgIpc) is 2.64. The summed E-state index contributed by atoms with van der Waals surface area (Å²) in [5.74, 6) is -1.68. The molecule has 0 saturated heterocycles. The van der Waals surface area contributed by atoms with E-state index >= 15 is 0 Å². The lowest BCUT2D eigenvalue weighted by Gasteiger charge is -2.08. The van der Waals surface area contributed by atoms with Crippen molar-refractivity contribution in [3.8, 4) is 0 Å². The van der Waals surface area contributed by atoms with Crippen LogP contribution in [0.2, 0.25) is 5.02 Å². The Kier molecular flexibility index (Phi) is 7.96. The highest BCUT2D eigenvalue weighted by Crippen LogP contribution is 2.26. The van der Waals surface area contributed by atoms with E-state index < -0.39 is 24.4 Å². The number of esters is 1. The van der Waals surface area contributed by atoms with Gasteiger partial charge in [0.25, 0.3) is 11.8 Å². The summed E-state index contributed by atoms with van der Waals surface area (Å²) in [6.45, 7) is -0.497. The molecule has 0 radical (unpaired) electrons. The third kappa shape index (κ3) is 6.70. The number of carbonyl (C=O) groups excluding carboxylic acids is 3. The normalized spacial score (nSPS) is 10.1. The summed E-state index contributed by atoms with van der Waals surface area (Å²) >= 11 is 10.5. The Morgan fingerprint density at radius 2 is 1.73 bits per heavy atom. The zero-order chi connectivity index (χ0) is 18.9. The first-order valence-corrected chi connectivity index (χ1v) is 9.49. The van der Waals surface area contributed by atoms with Crippen molar-refractivity contribution in [3.05, 3.63) is 63.6 Å². The third-order valence-corrected chi connectivity index (χ3v) is 4.99. The van der Waals surface area contributed by atoms with Crippen molar-refractivity contribution in [2.75, 3.05) is 12.4 Å². The molecule has 2 aromatic carbocycles. The molecule has 0 fully saturated rings. The van der Waals surface area contributed by atoms with Gasteiger partial charge < -0.3 is 4.74 Å². The van der Waals surface area contributed by atoms with Crippen molar-refractivity contribution in [2.45, 2.75) is 4.90 Å². The summed E-state index contributed by atoms with van der Waals surface area (Å²) < 4.78 is 5.68. The van der Waals surface area contributed by atoms with Crippen molar-refractivity contribution in [2.24, 2.45) is 0 Å². The van der Waals surface area contributed by atoms with Crippen LogP contribution < -0.4 is 10.9 Å². The summed E-state index contributed by atoms with van der Waals surface area (Å²) in [5.41, 5.74) is 4.79. The molecule has 0 spiro atoms. The Balaban J connectivity index is 1.68. The molecule has 26 heavy (non-hydrogen) atoms. The fourth-order valence-corrected chi connectivity index (χ4v) is 3.02. The molecule has 2 aromatic rings. The number of rotatable bonds is 6. The van der Waals surface area contributed by atoms with E-state index in [0.717, 1.165) is 9.37 Å². The molecule has 0 aliphatic carbocycles. The van der Waals surface area contributed by atoms with Gasteiger partial charge >= 0.3 is 5.97 Å². The van der Waals surface area contributed by atoms with E-state index in [9.17, 15) is 14.4 Å². The van der Waals surface area contributed by atoms with Crippen LogP contribution in [0.1, 0.15) is 10.4 Å². The van der Waals surface area contributed by atoms with Crippen LogP contribution in [0, 0.1) is 0 Å². The fourth-order valence-electron chi connectivity index (χ4n) is 1.72. The van der Waals surface area contributed by atoms with Gasteiger partial charge in [0.1, 0.15) is 0 Å². The molecule has 2 N–H and O–H groups in total. The van der Waals surface area contributed by atoms with Crippen LogP contribution in [0.3, 0.4) is 0 Å². The maximum absolute atomic E-state index is 11.8. The highest BCUT2D eigenvalue weighted by atomic mass is 79.9. The first-order valence-electron chi connectivity index (χ1n) is 7.33. The Bertz CT molecular complexity index is 802. The SMILES string of the molecule is O=C(COC(=O)CSc1ccccc1Cl)NNC(=O)c1ccc(Br)cc1. The topological polar surface area (TPSA) is 84.5 Å². The zero-order valence-corrected chi connectivity index (χ0v) is 16.5. The minimum Gasteiger partial charge on any atom is -0.455 e. The summed E-state index contributed by atoms with van der Waals surface area (Å²) in [7, 11) is 0. The largest absolute Gasteiger partial charge is 0.455 e. The minimum absolute atomic E-state index is 0.0161. The van der Waals surface area contributed by atoms with Crippen molar-refractivity contribution >= 4 is 57.1 Å². The molecule has 2 amide bonds. The summed E-state index contributed by atoms with van der Waals surface area (Å²) in [4.78, 5) is 35.9. The first-order chi connectivity index (χ1) is 12.5. The second-order valence-corrected chi connectivity index (χ2v) is 7.23. The summed E-state index contributed by atoms with van der Waals surface area (Å²) in [6.07, 6.45) is 0. The molecule has 0 aromatic heterocycles. The molecule has 0 heterocycles. The molecule has 0 aliphatic rings. The quantitative estimate of drug-likeness (QED) is 0.395. The lowest BCUT2D eigenvalue weighted by atomic mass is 10.2. The predicted molar refractivity (Wildman–Crippen MR) is 103 cm³/mol. The lowest BCUT2D eigenvalue weighted by molar-refractivity contribution is -0.146. The molecule has 2 rings (SSSR count). The maximum Gasteiger partial charge on any atom is 0.316 e. The molecule has 0 aliphatic heterocycles. The van der Waals surface area contributed by atoms with E-state index in [1.807, 2.05) is 0 Å². The number of benzene rings is 2. The van der Waals surface area contributed by atoms with Crippen LogP contribution in [-0.2, 0) is 14.3 Å². The number of hydrazine groups is 1. The van der Waals surface area contributed by atoms with Crippen LogP contribution in [0.25, 0.3) is 0 Å². The van der Waals surface area contributed by atoms with E-state index in [1.165, 1.54) is 11.8 Å². The van der Waals surface area contributed by atoms with Crippen LogP contribution >= 0.6 is 39.3 Å². The molecular weight excluding hydrogens is 444 g/mol. The van der Waals surface area contributed by atoms with E-state index in [0.29, 0.717) is 10.6 Å². The second kappa shape index (κ2) is 10.2. The van der Waals surface area contributed by atoms with Gasteiger partial charge in [0.2, 0.25) is 0 Å². The Morgan fingerprint density at radius 1 is 1.04 bits per heavy atom. The lowest BCUT2D eigenvalue weighted by Crippen LogP contribution is -2.43. The van der Waals surface area contributed by atoms with Gasteiger partial charge in [0.05, 0.1) is 10.8 Å². The molecule has 136 valence electrons. The van der Waals surface area contributed by atoms with Crippen LogP contribution in [0.5, 0.6) is 0 Å². The van der Waals surface area contributed by atoms with Gasteiger partial charge in [0.15, 0.2) is 6.61 Å². The zero-order valence-electron chi connectivity index (χ0n) is 13.3. The highest BCUT2D eigenvalue weighted by molar-refractivity contribution is 9.10. The van der Waals surface area contributed by atoms with Gasteiger partial charge in [-0.15, -0.1) is 11.8 Å². The number of thioether (sulfide) groups is 1. The fraction of sp³-hybridized carbons (Fsp3) is 0.118. The smallest absolute Gasteiger partial charge is 0.316 e. The monoisotopic (exact) mass is 456 g/mol. The van der Waals surface area contributed by atoms with E-state index in [-0.39, 0.29) is 5.75 Å². The van der Waals surface area contributed by atoms with Crippen molar-refractivity contribution in [1.29, 1.82) is 0 Å². The number of ether oxygens (including phenoxy) is 1. The molecule has 0 saturated carbocycles. The van der Waals surface area contributed by atoms with Gasteiger partial charge in [-0.05, 0) is 36.4 Å². The van der Waals surface area contributed by atoms with Gasteiger partial charge in [-0.3, -0.25) is 25.2 Å². The van der Waals surface area contributed by atoms with Crippen LogP contribution in [0.4, 0.5) is 0 Å². The van der Waals surface area contributed by atoms with Crippen LogP contribution in [0.15, 0.2) is 57.9 Å². The Hall–Kier alpha value is -2.03. The molecule has 9 heteroatoms. The van der Waals surface area contributed by atoms with Gasteiger partial charge in [-0.1, -0.05) is 39.7 Å². The van der Waals surface area contributed by atoms with E-state index in [2.05, 4.69) is 26.8 Å². The second-order valence-electron chi connectivity index (χ2n) is 4.89. The van der Waals surface area contributed by atoms with Gasteiger partial charge in [-0.2, -0.15) is 0 Å². The molecule has 0 unspecified atom stereocenters. The number of hydrogen-bond acceptors (Lipinski definition) is 5. The van der Waals surface area contributed by atoms with Gasteiger partial charge in [0, 0.05) is 14.9 Å². The van der Waals surface area contributed by atoms with Crippen LogP contribution in [-0.4, -0.2) is 30.1 Å². The first kappa shape index (κ1) is 20.3. The average molecular weight is 458 g/mol. The number of amides is 2. The van der Waals surface area contributed by atoms with Crippen molar-refractivity contribution in [3.63, 3.8) is 0 Å². The summed E-state index contributed by atoms with van der Waals surface area (Å²) in [6, 6.07) is 13.7. The maximum atomic E-state index is 11.8. The third-order valence-electron chi connectivity index (χ3n) is 2.97. The summed E-state index contributed by atoms with van der Waals surface area (Å²) in [5, 5.41) is 0.540. The Morgan fingerprint density at radius 3 is 2.42 bits per heavy atom. The van der Waals surface area contributed by atoms with E-state index in [1.54, 1.807) is 48.5 Å². The molecular formula is C17H14BrClN2O4S. The highest BCUT2D eigenvalue weighted by Gasteiger charge is 2.11. The number of halogens is 2. The van der Waals surface area contributed by atoms with E-state index in [4.69, 9.17) is 16.3 Å². The standard InChI is InChI=1S/C17H14BrClN2O4S/c18-12-7-5-11(6-8-12)17(24)21-20-15(22)9-25-16(23)10-26-14-4-2-1-3-13(14)19/h1-8H,9-10H2,(H,20,22)(H,21,24). The molecule has 0 bridgehead atoms. The predicted octanol–water partition coefficient (Wildman–Crippen LogP) is 3.20. The molecule has 6 nitrogen and oxygen atoms in total. The Labute approximate surface area is 167 Å². The number of hydrogen-bond donors (Lipinski definition) is 2. The van der Waals surface area contributed by atoms with Gasteiger partial charge in [-0.25, -0.2) is 0 Å². The van der Waals surface area contributed by atoms with Crippen molar-refractivity contribution < 1.29 is 19.1 Å². The van der Waals surface area contributed by atoms with Crippen molar-refractivity contribution in [1.82, 2.24) is 10.9 Å². The minimum atomic E-state index is -0.647. The number of nitrogens with one attached hydrogen (secondary N) is 2.